The molecule has 1 aromatic rings. The highest BCUT2D eigenvalue weighted by Crippen LogP contribution is 2.17. The van der Waals surface area contributed by atoms with Gasteiger partial charge in [0, 0.05) is 11.6 Å². The Labute approximate surface area is 103 Å². The van der Waals surface area contributed by atoms with Crippen LogP contribution < -0.4 is 10.6 Å². The lowest BCUT2D eigenvalue weighted by Gasteiger charge is -2.25. The Balaban J connectivity index is 1.84. The largest absolute Gasteiger partial charge is 0.317 e. The van der Waals surface area contributed by atoms with Crippen LogP contribution >= 0.6 is 0 Å². The Morgan fingerprint density at radius 3 is 2.76 bits per heavy atom. The molecule has 1 saturated heterocycles. The third-order valence-electron chi connectivity index (χ3n) is 3.54. The van der Waals surface area contributed by atoms with Gasteiger partial charge in [0.2, 0.25) is 0 Å². The highest BCUT2D eigenvalue weighted by atomic mass is 19.1. The Morgan fingerprint density at radius 1 is 1.35 bits per heavy atom. The van der Waals surface area contributed by atoms with Crippen molar-refractivity contribution in [2.24, 2.45) is 5.92 Å². The topological polar surface area (TPSA) is 24.1 Å². The molecule has 0 aromatic heterocycles. The Kier molecular flexibility index (Phi) is 4.51. The minimum absolute atomic E-state index is 0.0890. The van der Waals surface area contributed by atoms with Crippen LogP contribution in [0.4, 0.5) is 4.39 Å². The van der Waals surface area contributed by atoms with Crippen molar-refractivity contribution in [2.75, 3.05) is 19.6 Å². The van der Waals surface area contributed by atoms with Gasteiger partial charge in [-0.3, -0.25) is 0 Å². The van der Waals surface area contributed by atoms with Crippen molar-refractivity contribution in [3.8, 4) is 0 Å². The molecule has 1 aliphatic heterocycles. The maximum absolute atomic E-state index is 13.6. The second kappa shape index (κ2) is 6.12. The van der Waals surface area contributed by atoms with Gasteiger partial charge in [-0.2, -0.15) is 0 Å². The Morgan fingerprint density at radius 2 is 2.06 bits per heavy atom. The van der Waals surface area contributed by atoms with Crippen LogP contribution in [0.3, 0.4) is 0 Å². The van der Waals surface area contributed by atoms with E-state index in [1.165, 1.54) is 18.9 Å². The van der Waals surface area contributed by atoms with E-state index in [1.807, 2.05) is 19.1 Å². The third-order valence-corrected chi connectivity index (χ3v) is 3.54. The lowest BCUT2D eigenvalue weighted by atomic mass is 9.97. The number of piperidine rings is 1. The molecule has 0 saturated carbocycles. The van der Waals surface area contributed by atoms with E-state index in [-0.39, 0.29) is 11.9 Å². The zero-order chi connectivity index (χ0) is 12.1. The fourth-order valence-corrected chi connectivity index (χ4v) is 2.37. The zero-order valence-electron chi connectivity index (χ0n) is 10.4. The molecule has 1 heterocycles. The number of nitrogens with one attached hydrogen (secondary N) is 2. The van der Waals surface area contributed by atoms with Gasteiger partial charge in [0.15, 0.2) is 0 Å². The second-order valence-corrected chi connectivity index (χ2v) is 4.84. The molecule has 0 spiro atoms. The molecule has 0 radical (unpaired) electrons. The maximum Gasteiger partial charge on any atom is 0.127 e. The summed E-state index contributed by atoms with van der Waals surface area (Å²) in [5.41, 5.74) is 0.765. The molecule has 2 rings (SSSR count). The van der Waals surface area contributed by atoms with Gasteiger partial charge in [-0.1, -0.05) is 18.2 Å². The highest BCUT2D eigenvalue weighted by Gasteiger charge is 2.15. The molecule has 1 aliphatic rings. The minimum Gasteiger partial charge on any atom is -0.317 e. The third kappa shape index (κ3) is 3.51. The number of halogens is 1. The van der Waals surface area contributed by atoms with Crippen molar-refractivity contribution in [3.05, 3.63) is 35.6 Å². The van der Waals surface area contributed by atoms with E-state index in [9.17, 15) is 4.39 Å². The van der Waals surface area contributed by atoms with Gasteiger partial charge in [-0.25, -0.2) is 4.39 Å². The van der Waals surface area contributed by atoms with Crippen LogP contribution in [0.25, 0.3) is 0 Å². The summed E-state index contributed by atoms with van der Waals surface area (Å²) in [5.74, 6) is 0.614. The predicted molar refractivity (Wildman–Crippen MR) is 68.4 cm³/mol. The van der Waals surface area contributed by atoms with E-state index in [2.05, 4.69) is 10.6 Å². The molecular formula is C14H21FN2. The predicted octanol–water partition coefficient (Wildman–Crippen LogP) is 2.48. The average molecular weight is 236 g/mol. The average Bonchev–Trinajstić information content (AvgIpc) is 2.38. The molecule has 0 aliphatic carbocycles. The van der Waals surface area contributed by atoms with Crippen molar-refractivity contribution in [1.29, 1.82) is 0 Å². The first-order valence-electron chi connectivity index (χ1n) is 6.46. The standard InChI is InChI=1S/C14H21FN2/c1-11(13-4-2-3-5-14(13)15)17-10-12-6-8-16-9-7-12/h2-5,11-12,16-17H,6-10H2,1H3. The van der Waals surface area contributed by atoms with E-state index < -0.39 is 0 Å². The molecule has 17 heavy (non-hydrogen) atoms. The molecule has 2 N–H and O–H groups in total. The lowest BCUT2D eigenvalue weighted by molar-refractivity contribution is 0.343. The summed E-state index contributed by atoms with van der Waals surface area (Å²) in [5, 5.41) is 6.80. The zero-order valence-corrected chi connectivity index (χ0v) is 10.4. The fourth-order valence-electron chi connectivity index (χ4n) is 2.37. The molecule has 2 nitrogen and oxygen atoms in total. The van der Waals surface area contributed by atoms with Crippen molar-refractivity contribution < 1.29 is 4.39 Å². The number of rotatable bonds is 4. The molecule has 1 atom stereocenters. The Hall–Kier alpha value is -0.930. The molecule has 3 heteroatoms. The van der Waals surface area contributed by atoms with E-state index in [1.54, 1.807) is 6.07 Å². The van der Waals surface area contributed by atoms with Crippen LogP contribution in [0.15, 0.2) is 24.3 Å². The van der Waals surface area contributed by atoms with E-state index in [0.717, 1.165) is 31.1 Å². The molecule has 0 bridgehead atoms. The molecule has 1 fully saturated rings. The summed E-state index contributed by atoms with van der Waals surface area (Å²) < 4.78 is 13.6. The monoisotopic (exact) mass is 236 g/mol. The maximum atomic E-state index is 13.6. The van der Waals surface area contributed by atoms with Gasteiger partial charge in [0.05, 0.1) is 0 Å². The smallest absolute Gasteiger partial charge is 0.127 e. The van der Waals surface area contributed by atoms with E-state index >= 15 is 0 Å². The van der Waals surface area contributed by atoms with Crippen LogP contribution in [0.5, 0.6) is 0 Å². The molecule has 0 amide bonds. The van der Waals surface area contributed by atoms with Gasteiger partial charge in [0.1, 0.15) is 5.82 Å². The number of benzene rings is 1. The summed E-state index contributed by atoms with van der Waals surface area (Å²) in [6.45, 7) is 5.23. The van der Waals surface area contributed by atoms with Crippen LogP contribution in [-0.2, 0) is 0 Å². The van der Waals surface area contributed by atoms with Crippen molar-refractivity contribution in [2.45, 2.75) is 25.8 Å². The molecule has 1 aromatic carbocycles. The van der Waals surface area contributed by atoms with E-state index in [4.69, 9.17) is 0 Å². The summed E-state index contributed by atoms with van der Waals surface area (Å²) >= 11 is 0. The molecule has 94 valence electrons. The SMILES string of the molecule is CC(NCC1CCNCC1)c1ccccc1F. The first kappa shape index (κ1) is 12.5. The van der Waals surface area contributed by atoms with Gasteiger partial charge >= 0.3 is 0 Å². The minimum atomic E-state index is -0.113. The van der Waals surface area contributed by atoms with Gasteiger partial charge < -0.3 is 10.6 Å². The summed E-state index contributed by atoms with van der Waals surface area (Å²) in [7, 11) is 0. The number of hydrogen-bond acceptors (Lipinski definition) is 2. The van der Waals surface area contributed by atoms with Crippen LogP contribution in [0.1, 0.15) is 31.4 Å². The summed E-state index contributed by atoms with van der Waals surface area (Å²) in [6.07, 6.45) is 2.44. The first-order chi connectivity index (χ1) is 8.27. The lowest BCUT2D eigenvalue weighted by Crippen LogP contribution is -2.34. The molecule has 1 unspecified atom stereocenters. The second-order valence-electron chi connectivity index (χ2n) is 4.84. The Bertz CT molecular complexity index is 348. The highest BCUT2D eigenvalue weighted by molar-refractivity contribution is 5.20. The van der Waals surface area contributed by atoms with Crippen molar-refractivity contribution in [3.63, 3.8) is 0 Å². The van der Waals surface area contributed by atoms with Gasteiger partial charge in [0.25, 0.3) is 0 Å². The van der Waals surface area contributed by atoms with Crippen LogP contribution in [-0.4, -0.2) is 19.6 Å². The van der Waals surface area contributed by atoms with Crippen LogP contribution in [0.2, 0.25) is 0 Å². The number of hydrogen-bond donors (Lipinski definition) is 2. The van der Waals surface area contributed by atoms with Gasteiger partial charge in [-0.15, -0.1) is 0 Å². The first-order valence-corrected chi connectivity index (χ1v) is 6.46. The van der Waals surface area contributed by atoms with E-state index in [0.29, 0.717) is 0 Å². The van der Waals surface area contributed by atoms with Crippen molar-refractivity contribution in [1.82, 2.24) is 10.6 Å². The molecular weight excluding hydrogens is 215 g/mol. The van der Waals surface area contributed by atoms with Gasteiger partial charge in [-0.05, 0) is 51.4 Å². The normalized spacial score (nSPS) is 19.2. The fraction of sp³-hybridized carbons (Fsp3) is 0.571. The van der Waals surface area contributed by atoms with Crippen molar-refractivity contribution >= 4 is 0 Å². The van der Waals surface area contributed by atoms with Crippen LogP contribution in [0, 0.1) is 11.7 Å². The summed E-state index contributed by atoms with van der Waals surface area (Å²) in [4.78, 5) is 0. The quantitative estimate of drug-likeness (QED) is 0.839. The summed E-state index contributed by atoms with van der Waals surface area (Å²) in [6, 6.07) is 7.10.